The molecule has 1 saturated heterocycles. The van der Waals surface area contributed by atoms with E-state index < -0.39 is 11.7 Å². The van der Waals surface area contributed by atoms with Gasteiger partial charge in [0, 0.05) is 11.4 Å². The summed E-state index contributed by atoms with van der Waals surface area (Å²) in [4.78, 5) is 15.9. The summed E-state index contributed by atoms with van der Waals surface area (Å²) in [6.07, 6.45) is -4.43. The van der Waals surface area contributed by atoms with Gasteiger partial charge in [0.25, 0.3) is 5.91 Å². The first-order valence-corrected chi connectivity index (χ1v) is 8.97. The number of amides is 1. The molecule has 27 heavy (non-hydrogen) atoms. The Hall–Kier alpha value is -2.54. The second kappa shape index (κ2) is 8.00. The first kappa shape index (κ1) is 19.2. The van der Waals surface area contributed by atoms with E-state index in [1.54, 1.807) is 0 Å². The molecule has 4 nitrogen and oxygen atoms in total. The standard InChI is InChI=1S/C20H22F3N3O/c1-15(19(27)24-17-7-5-6-16(14-17)20(21,22)23)25-10-12-26(13-11-25)18-8-3-2-4-9-18/h2-9,14-15H,10-13H2,1H3,(H,24,27)/p+1/t15-/m0/s1. The van der Waals surface area contributed by atoms with Crippen molar-refractivity contribution in [2.45, 2.75) is 19.1 Å². The maximum atomic E-state index is 12.8. The third-order valence-electron chi connectivity index (χ3n) is 4.99. The molecule has 0 bridgehead atoms. The van der Waals surface area contributed by atoms with Gasteiger partial charge in [0.1, 0.15) is 0 Å². The molecule has 1 amide bonds. The maximum absolute atomic E-state index is 12.8. The van der Waals surface area contributed by atoms with E-state index in [4.69, 9.17) is 0 Å². The van der Waals surface area contributed by atoms with Crippen LogP contribution in [0.4, 0.5) is 24.5 Å². The average Bonchev–Trinajstić information content (AvgIpc) is 2.68. The topological polar surface area (TPSA) is 36.8 Å². The summed E-state index contributed by atoms with van der Waals surface area (Å²) in [5.41, 5.74) is 0.568. The molecule has 1 heterocycles. The zero-order valence-electron chi connectivity index (χ0n) is 15.1. The largest absolute Gasteiger partial charge is 0.416 e. The monoisotopic (exact) mass is 378 g/mol. The first-order chi connectivity index (χ1) is 12.8. The van der Waals surface area contributed by atoms with Crippen molar-refractivity contribution >= 4 is 17.3 Å². The van der Waals surface area contributed by atoms with Gasteiger partial charge in [-0.05, 0) is 37.3 Å². The van der Waals surface area contributed by atoms with E-state index in [-0.39, 0.29) is 17.6 Å². The normalized spacial score (nSPS) is 16.8. The van der Waals surface area contributed by atoms with Gasteiger partial charge in [-0.2, -0.15) is 13.2 Å². The van der Waals surface area contributed by atoms with Crippen LogP contribution in [0.15, 0.2) is 54.6 Å². The minimum Gasteiger partial charge on any atom is -0.360 e. The fraction of sp³-hybridized carbons (Fsp3) is 0.350. The van der Waals surface area contributed by atoms with E-state index in [9.17, 15) is 18.0 Å². The lowest BCUT2D eigenvalue weighted by molar-refractivity contribution is -0.914. The van der Waals surface area contributed by atoms with Crippen LogP contribution in [0.25, 0.3) is 0 Å². The fourth-order valence-corrected chi connectivity index (χ4v) is 3.33. The maximum Gasteiger partial charge on any atom is 0.416 e. The molecule has 0 saturated carbocycles. The van der Waals surface area contributed by atoms with Crippen LogP contribution in [0.1, 0.15) is 12.5 Å². The molecule has 0 aliphatic carbocycles. The Labute approximate surface area is 156 Å². The van der Waals surface area contributed by atoms with Crippen molar-refractivity contribution in [1.29, 1.82) is 0 Å². The highest BCUT2D eigenvalue weighted by Gasteiger charge is 2.32. The van der Waals surface area contributed by atoms with E-state index in [2.05, 4.69) is 22.3 Å². The van der Waals surface area contributed by atoms with Crippen LogP contribution in [-0.2, 0) is 11.0 Å². The second-order valence-electron chi connectivity index (χ2n) is 6.77. The number of alkyl halides is 3. The second-order valence-corrected chi connectivity index (χ2v) is 6.77. The van der Waals surface area contributed by atoms with E-state index in [1.165, 1.54) is 12.1 Å². The molecule has 0 unspecified atom stereocenters. The lowest BCUT2D eigenvalue weighted by Gasteiger charge is -2.36. The smallest absolute Gasteiger partial charge is 0.360 e. The molecule has 3 rings (SSSR count). The van der Waals surface area contributed by atoms with Gasteiger partial charge in [0.15, 0.2) is 6.04 Å². The summed E-state index contributed by atoms with van der Waals surface area (Å²) >= 11 is 0. The lowest BCUT2D eigenvalue weighted by atomic mass is 10.1. The lowest BCUT2D eigenvalue weighted by Crippen LogP contribution is -3.19. The molecule has 7 heteroatoms. The molecule has 1 aliphatic heterocycles. The SMILES string of the molecule is C[C@@H](C(=O)Nc1cccc(C(F)(F)F)c1)[NH+]1CCN(c2ccccc2)CC1. The Morgan fingerprint density at radius 2 is 1.74 bits per heavy atom. The van der Waals surface area contributed by atoms with E-state index in [0.717, 1.165) is 48.9 Å². The summed E-state index contributed by atoms with van der Waals surface area (Å²) in [6.45, 7) is 5.08. The third-order valence-corrected chi connectivity index (χ3v) is 4.99. The number of quaternary nitrogens is 1. The third kappa shape index (κ3) is 4.80. The van der Waals surface area contributed by atoms with E-state index in [0.29, 0.717) is 0 Å². The molecule has 1 fully saturated rings. The highest BCUT2D eigenvalue weighted by molar-refractivity contribution is 5.93. The Morgan fingerprint density at radius 1 is 1.07 bits per heavy atom. The molecule has 2 N–H and O–H groups in total. The summed E-state index contributed by atoms with van der Waals surface area (Å²) in [5, 5.41) is 2.62. The summed E-state index contributed by atoms with van der Waals surface area (Å²) < 4.78 is 38.4. The molecule has 1 atom stereocenters. The Balaban J connectivity index is 1.57. The summed E-state index contributed by atoms with van der Waals surface area (Å²) in [6, 6.07) is 14.5. The number of rotatable bonds is 4. The summed E-state index contributed by atoms with van der Waals surface area (Å²) in [5.74, 6) is -0.266. The minimum atomic E-state index is -4.43. The number of piperazine rings is 1. The van der Waals surface area contributed by atoms with Crippen LogP contribution in [0, 0.1) is 0 Å². The number of nitrogens with zero attached hydrogens (tertiary/aromatic N) is 1. The highest BCUT2D eigenvalue weighted by atomic mass is 19.4. The molecule has 2 aromatic rings. The number of carbonyl (C=O) groups is 1. The minimum absolute atomic E-state index is 0.170. The zero-order chi connectivity index (χ0) is 19.4. The first-order valence-electron chi connectivity index (χ1n) is 8.97. The Morgan fingerprint density at radius 3 is 2.37 bits per heavy atom. The predicted molar refractivity (Wildman–Crippen MR) is 98.9 cm³/mol. The highest BCUT2D eigenvalue weighted by Crippen LogP contribution is 2.30. The van der Waals surface area contributed by atoms with Gasteiger partial charge in [-0.1, -0.05) is 24.3 Å². The number of halogens is 3. The van der Waals surface area contributed by atoms with Crippen molar-refractivity contribution in [2.75, 3.05) is 36.4 Å². The predicted octanol–water partition coefficient (Wildman–Crippen LogP) is 2.44. The number of hydrogen-bond acceptors (Lipinski definition) is 2. The molecule has 2 aromatic carbocycles. The fourth-order valence-electron chi connectivity index (χ4n) is 3.33. The van der Waals surface area contributed by atoms with Gasteiger partial charge >= 0.3 is 6.18 Å². The van der Waals surface area contributed by atoms with Gasteiger partial charge in [-0.25, -0.2) is 0 Å². The molecule has 1 aliphatic rings. The quantitative estimate of drug-likeness (QED) is 0.858. The molecule has 144 valence electrons. The number of carbonyl (C=O) groups excluding carboxylic acids is 1. The van der Waals surface area contributed by atoms with E-state index in [1.807, 2.05) is 25.1 Å². The van der Waals surface area contributed by atoms with Gasteiger partial charge in [0.05, 0.1) is 31.7 Å². The van der Waals surface area contributed by atoms with Crippen molar-refractivity contribution in [2.24, 2.45) is 0 Å². The average molecular weight is 378 g/mol. The Kier molecular flexibility index (Phi) is 5.70. The Bertz CT molecular complexity index is 772. The van der Waals surface area contributed by atoms with Crippen LogP contribution in [0.5, 0.6) is 0 Å². The molecular weight excluding hydrogens is 355 g/mol. The van der Waals surface area contributed by atoms with Crippen molar-refractivity contribution in [3.8, 4) is 0 Å². The van der Waals surface area contributed by atoms with Crippen molar-refractivity contribution in [3.63, 3.8) is 0 Å². The van der Waals surface area contributed by atoms with Gasteiger partial charge in [0.2, 0.25) is 0 Å². The molecule has 0 radical (unpaired) electrons. The number of hydrogen-bond donors (Lipinski definition) is 2. The molecular formula is C20H23F3N3O+. The summed E-state index contributed by atoms with van der Waals surface area (Å²) in [7, 11) is 0. The number of benzene rings is 2. The number of nitrogens with one attached hydrogen (secondary N) is 2. The number of para-hydroxylation sites is 1. The molecule has 0 aromatic heterocycles. The van der Waals surface area contributed by atoms with Crippen molar-refractivity contribution in [3.05, 3.63) is 60.2 Å². The van der Waals surface area contributed by atoms with Crippen molar-refractivity contribution < 1.29 is 22.9 Å². The zero-order valence-corrected chi connectivity index (χ0v) is 15.1. The van der Waals surface area contributed by atoms with Crippen molar-refractivity contribution in [1.82, 2.24) is 0 Å². The van der Waals surface area contributed by atoms with Gasteiger partial charge < -0.3 is 15.1 Å². The van der Waals surface area contributed by atoms with Gasteiger partial charge in [-0.15, -0.1) is 0 Å². The number of anilines is 2. The van der Waals surface area contributed by atoms with E-state index >= 15 is 0 Å². The van der Waals surface area contributed by atoms with Crippen LogP contribution in [0.3, 0.4) is 0 Å². The van der Waals surface area contributed by atoms with Crippen LogP contribution in [0.2, 0.25) is 0 Å². The molecule has 0 spiro atoms. The van der Waals surface area contributed by atoms with Crippen LogP contribution in [-0.4, -0.2) is 38.1 Å². The van der Waals surface area contributed by atoms with Crippen LogP contribution < -0.4 is 15.1 Å². The van der Waals surface area contributed by atoms with Crippen LogP contribution >= 0.6 is 0 Å². The van der Waals surface area contributed by atoms with Gasteiger partial charge in [-0.3, -0.25) is 4.79 Å².